The van der Waals surface area contributed by atoms with Crippen molar-refractivity contribution in [2.75, 3.05) is 13.7 Å². The molecule has 1 aliphatic heterocycles. The number of rotatable bonds is 4. The van der Waals surface area contributed by atoms with Gasteiger partial charge in [-0.2, -0.15) is 4.31 Å². The number of furan rings is 1. The van der Waals surface area contributed by atoms with E-state index in [0.29, 0.717) is 18.8 Å². The van der Waals surface area contributed by atoms with Gasteiger partial charge in [-0.3, -0.25) is 0 Å². The Bertz CT molecular complexity index is 732. The molecule has 2 atom stereocenters. The Labute approximate surface area is 129 Å². The number of aromatic nitrogens is 2. The van der Waals surface area contributed by atoms with E-state index in [1.807, 2.05) is 13.8 Å². The third-order valence-electron chi connectivity index (χ3n) is 4.11. The summed E-state index contributed by atoms with van der Waals surface area (Å²) in [5.74, 6) is 0.654. The van der Waals surface area contributed by atoms with E-state index in [4.69, 9.17) is 9.15 Å². The van der Waals surface area contributed by atoms with Crippen molar-refractivity contribution in [3.8, 4) is 0 Å². The van der Waals surface area contributed by atoms with Crippen molar-refractivity contribution >= 4 is 10.0 Å². The van der Waals surface area contributed by atoms with Gasteiger partial charge < -0.3 is 14.1 Å². The maximum absolute atomic E-state index is 12.8. The number of aryl methyl sites for hydroxylation is 2. The molecule has 2 aromatic rings. The van der Waals surface area contributed by atoms with Crippen LogP contribution in [0.1, 0.15) is 29.7 Å². The molecule has 0 radical (unpaired) electrons. The summed E-state index contributed by atoms with van der Waals surface area (Å²) in [5, 5.41) is 0. The summed E-state index contributed by atoms with van der Waals surface area (Å²) >= 11 is 0. The summed E-state index contributed by atoms with van der Waals surface area (Å²) in [5.41, 5.74) is 1.81. The van der Waals surface area contributed by atoms with Crippen LogP contribution in [0.2, 0.25) is 0 Å². The van der Waals surface area contributed by atoms with Gasteiger partial charge in [-0.05, 0) is 26.3 Å². The van der Waals surface area contributed by atoms with Crippen LogP contribution in [0.4, 0.5) is 0 Å². The summed E-state index contributed by atoms with van der Waals surface area (Å²) in [6.45, 7) is 4.12. The highest BCUT2D eigenvalue weighted by atomic mass is 32.2. The molecule has 0 spiro atoms. The average molecular weight is 325 g/mol. The predicted molar refractivity (Wildman–Crippen MR) is 78.8 cm³/mol. The third-order valence-corrected chi connectivity index (χ3v) is 5.96. The van der Waals surface area contributed by atoms with Gasteiger partial charge in [0.25, 0.3) is 0 Å². The minimum Gasteiger partial charge on any atom is -0.471 e. The van der Waals surface area contributed by atoms with Crippen molar-refractivity contribution in [2.45, 2.75) is 37.3 Å². The van der Waals surface area contributed by atoms with E-state index in [1.54, 1.807) is 7.11 Å². The monoisotopic (exact) mass is 325 g/mol. The van der Waals surface area contributed by atoms with Gasteiger partial charge in [-0.15, -0.1) is 0 Å². The zero-order chi connectivity index (χ0) is 15.9. The average Bonchev–Trinajstić information content (AvgIpc) is 3.19. The highest BCUT2D eigenvalue weighted by Gasteiger charge is 2.43. The van der Waals surface area contributed by atoms with Crippen LogP contribution in [0.5, 0.6) is 0 Å². The van der Waals surface area contributed by atoms with Crippen molar-refractivity contribution in [2.24, 2.45) is 0 Å². The summed E-state index contributed by atoms with van der Waals surface area (Å²) in [7, 11) is -2.05. The molecule has 0 aromatic carbocycles. The Hall–Kier alpha value is -1.64. The van der Waals surface area contributed by atoms with Crippen LogP contribution in [0.3, 0.4) is 0 Å². The quantitative estimate of drug-likeness (QED) is 0.925. The first-order valence-corrected chi connectivity index (χ1v) is 8.47. The number of H-pyrrole nitrogens is 1. The van der Waals surface area contributed by atoms with Gasteiger partial charge >= 0.3 is 0 Å². The van der Waals surface area contributed by atoms with Gasteiger partial charge in [0, 0.05) is 19.3 Å². The van der Waals surface area contributed by atoms with Gasteiger partial charge in [0.15, 0.2) is 0 Å². The summed E-state index contributed by atoms with van der Waals surface area (Å²) < 4.78 is 37.3. The number of imidazole rings is 1. The fourth-order valence-corrected chi connectivity index (χ4v) is 4.28. The first-order chi connectivity index (χ1) is 10.4. The van der Waals surface area contributed by atoms with Gasteiger partial charge in [0.2, 0.25) is 10.0 Å². The standard InChI is InChI=1S/C14H19N3O4S/c1-9-10(2)16-14(15-9)13-6-11(20-3)7-17(13)22(18,19)12-4-5-21-8-12/h4-5,8,11,13H,6-7H2,1-3H3,(H,15,16)/t11-,13+/m1/s1. The summed E-state index contributed by atoms with van der Waals surface area (Å²) in [4.78, 5) is 7.79. The van der Waals surface area contributed by atoms with E-state index in [0.717, 1.165) is 11.4 Å². The molecule has 0 bridgehead atoms. The van der Waals surface area contributed by atoms with Crippen LogP contribution in [0.15, 0.2) is 27.9 Å². The Kier molecular flexibility index (Phi) is 3.84. The minimum absolute atomic E-state index is 0.147. The van der Waals surface area contributed by atoms with Gasteiger partial charge in [0.05, 0.1) is 24.1 Å². The first kappa shape index (κ1) is 15.3. The number of hydrogen-bond acceptors (Lipinski definition) is 5. The zero-order valence-corrected chi connectivity index (χ0v) is 13.6. The molecule has 0 amide bonds. The topological polar surface area (TPSA) is 88.4 Å². The molecule has 0 unspecified atom stereocenters. The SMILES string of the molecule is CO[C@@H]1C[C@@H](c2nc(C)c(C)[nH]2)N(S(=O)(=O)c2ccoc2)C1. The number of methoxy groups -OCH3 is 1. The second-order valence-electron chi connectivity index (χ2n) is 5.48. The van der Waals surface area contributed by atoms with Crippen molar-refractivity contribution in [3.63, 3.8) is 0 Å². The van der Waals surface area contributed by atoms with Gasteiger partial charge in [-0.1, -0.05) is 0 Å². The second kappa shape index (κ2) is 5.53. The Morgan fingerprint density at radius 1 is 1.45 bits per heavy atom. The van der Waals surface area contributed by atoms with Crippen molar-refractivity contribution in [3.05, 3.63) is 35.8 Å². The largest absolute Gasteiger partial charge is 0.471 e. The maximum Gasteiger partial charge on any atom is 0.247 e. The van der Waals surface area contributed by atoms with Crippen LogP contribution >= 0.6 is 0 Å². The minimum atomic E-state index is -3.64. The van der Waals surface area contributed by atoms with E-state index < -0.39 is 10.0 Å². The van der Waals surface area contributed by atoms with Crippen molar-refractivity contribution in [1.82, 2.24) is 14.3 Å². The normalized spacial score (nSPS) is 23.2. The van der Waals surface area contributed by atoms with E-state index in [-0.39, 0.29) is 17.0 Å². The molecule has 1 fully saturated rings. The van der Waals surface area contributed by atoms with Gasteiger partial charge in [0.1, 0.15) is 17.0 Å². The Morgan fingerprint density at radius 3 is 2.77 bits per heavy atom. The molecule has 22 heavy (non-hydrogen) atoms. The Morgan fingerprint density at radius 2 is 2.23 bits per heavy atom. The fraction of sp³-hybridized carbons (Fsp3) is 0.500. The number of aromatic amines is 1. The van der Waals surface area contributed by atoms with Crippen molar-refractivity contribution in [1.29, 1.82) is 0 Å². The lowest BCUT2D eigenvalue weighted by atomic mass is 10.2. The summed E-state index contributed by atoms with van der Waals surface area (Å²) in [6.07, 6.45) is 3.01. The molecule has 1 N–H and O–H groups in total. The molecule has 8 heteroatoms. The molecular formula is C14H19N3O4S. The fourth-order valence-electron chi connectivity index (χ4n) is 2.72. The third kappa shape index (κ3) is 2.47. The summed E-state index contributed by atoms with van der Waals surface area (Å²) in [6, 6.07) is 1.09. The van der Waals surface area contributed by atoms with E-state index in [2.05, 4.69) is 9.97 Å². The molecule has 1 saturated heterocycles. The second-order valence-corrected chi connectivity index (χ2v) is 7.37. The number of nitrogens with one attached hydrogen (secondary N) is 1. The van der Waals surface area contributed by atoms with Crippen LogP contribution in [-0.4, -0.2) is 42.4 Å². The zero-order valence-electron chi connectivity index (χ0n) is 12.7. The van der Waals surface area contributed by atoms with Crippen LogP contribution in [-0.2, 0) is 14.8 Å². The molecule has 1 aliphatic rings. The highest BCUT2D eigenvalue weighted by molar-refractivity contribution is 7.89. The number of nitrogens with zero attached hydrogens (tertiary/aromatic N) is 2. The van der Waals surface area contributed by atoms with Gasteiger partial charge in [-0.25, -0.2) is 13.4 Å². The Balaban J connectivity index is 2.00. The van der Waals surface area contributed by atoms with Crippen LogP contribution < -0.4 is 0 Å². The van der Waals surface area contributed by atoms with E-state index >= 15 is 0 Å². The van der Waals surface area contributed by atoms with E-state index in [9.17, 15) is 8.42 Å². The van der Waals surface area contributed by atoms with E-state index in [1.165, 1.54) is 22.9 Å². The molecule has 0 aliphatic carbocycles. The molecule has 120 valence electrons. The van der Waals surface area contributed by atoms with Crippen LogP contribution in [0.25, 0.3) is 0 Å². The molecule has 7 nitrogen and oxygen atoms in total. The molecular weight excluding hydrogens is 306 g/mol. The predicted octanol–water partition coefficient (Wildman–Crippen LogP) is 1.77. The lowest BCUT2D eigenvalue weighted by Crippen LogP contribution is -2.32. The number of hydrogen-bond donors (Lipinski definition) is 1. The van der Waals surface area contributed by atoms with Crippen LogP contribution in [0, 0.1) is 13.8 Å². The number of sulfonamides is 1. The molecule has 3 rings (SSSR count). The van der Waals surface area contributed by atoms with Crippen molar-refractivity contribution < 1.29 is 17.6 Å². The number of ether oxygens (including phenoxy) is 1. The molecule has 2 aromatic heterocycles. The smallest absolute Gasteiger partial charge is 0.247 e. The lowest BCUT2D eigenvalue weighted by Gasteiger charge is -2.21. The lowest BCUT2D eigenvalue weighted by molar-refractivity contribution is 0.114. The molecule has 0 saturated carbocycles. The highest BCUT2D eigenvalue weighted by Crippen LogP contribution is 2.36. The molecule has 3 heterocycles. The first-order valence-electron chi connectivity index (χ1n) is 7.03. The maximum atomic E-state index is 12.8.